The highest BCUT2D eigenvalue weighted by molar-refractivity contribution is 9.10. The second-order valence-electron chi connectivity index (χ2n) is 4.48. The number of hydrazone groups is 1. The van der Waals surface area contributed by atoms with Crippen molar-refractivity contribution in [2.75, 3.05) is 14.2 Å². The third-order valence-corrected chi connectivity index (χ3v) is 3.52. The van der Waals surface area contributed by atoms with E-state index in [1.165, 1.54) is 20.4 Å². The van der Waals surface area contributed by atoms with Crippen molar-refractivity contribution in [3.05, 3.63) is 52.0 Å². The maximum absolute atomic E-state index is 11.9. The van der Waals surface area contributed by atoms with Gasteiger partial charge in [-0.2, -0.15) is 5.10 Å². The molecule has 2 rings (SSSR count). The first kappa shape index (κ1) is 16.8. The van der Waals surface area contributed by atoms with Crippen molar-refractivity contribution in [3.8, 4) is 17.2 Å². The monoisotopic (exact) mass is 378 g/mol. The van der Waals surface area contributed by atoms with Crippen molar-refractivity contribution < 1.29 is 19.4 Å². The maximum atomic E-state index is 11.9. The van der Waals surface area contributed by atoms with Crippen LogP contribution >= 0.6 is 15.9 Å². The molecule has 0 spiro atoms. The molecule has 23 heavy (non-hydrogen) atoms. The topological polar surface area (TPSA) is 80.2 Å². The molecule has 120 valence electrons. The van der Waals surface area contributed by atoms with Crippen LogP contribution in [0.15, 0.2) is 46.0 Å². The van der Waals surface area contributed by atoms with E-state index in [1.807, 2.05) is 0 Å². The Balaban J connectivity index is 2.11. The van der Waals surface area contributed by atoms with Gasteiger partial charge in [0.05, 0.1) is 20.4 Å². The molecule has 0 atom stereocenters. The molecular formula is C16H15BrN2O4. The molecule has 0 heterocycles. The summed E-state index contributed by atoms with van der Waals surface area (Å²) in [5.74, 6) is 0.0904. The van der Waals surface area contributed by atoms with Gasteiger partial charge in [0.1, 0.15) is 0 Å². The van der Waals surface area contributed by atoms with Crippen LogP contribution in [0.4, 0.5) is 0 Å². The average Bonchev–Trinajstić information content (AvgIpc) is 2.56. The molecule has 0 aliphatic heterocycles. The van der Waals surface area contributed by atoms with Crippen molar-refractivity contribution in [2.45, 2.75) is 0 Å². The predicted octanol–water partition coefficient (Wildman–Crippen LogP) is 2.94. The molecular weight excluding hydrogens is 364 g/mol. The number of phenolic OH excluding ortho intramolecular Hbond substituents is 1. The highest BCUT2D eigenvalue weighted by Crippen LogP contribution is 2.36. The number of halogens is 1. The number of hydrogen-bond donors (Lipinski definition) is 2. The summed E-state index contributed by atoms with van der Waals surface area (Å²) in [4.78, 5) is 11.9. The van der Waals surface area contributed by atoms with Gasteiger partial charge in [-0.05, 0) is 36.4 Å². The fraction of sp³-hybridized carbons (Fsp3) is 0.125. The lowest BCUT2D eigenvalue weighted by atomic mass is 10.2. The highest BCUT2D eigenvalue weighted by atomic mass is 79.9. The Morgan fingerprint density at radius 3 is 2.26 bits per heavy atom. The Kier molecular flexibility index (Phi) is 5.59. The number of aromatic hydroxyl groups is 1. The summed E-state index contributed by atoms with van der Waals surface area (Å²) < 4.78 is 11.0. The van der Waals surface area contributed by atoms with E-state index in [9.17, 15) is 9.90 Å². The number of nitrogens with zero attached hydrogens (tertiary/aromatic N) is 1. The van der Waals surface area contributed by atoms with Gasteiger partial charge in [-0.25, -0.2) is 5.43 Å². The minimum absolute atomic E-state index is 0.0916. The van der Waals surface area contributed by atoms with Crippen molar-refractivity contribution >= 4 is 28.1 Å². The van der Waals surface area contributed by atoms with Crippen LogP contribution in [0.1, 0.15) is 15.9 Å². The average molecular weight is 379 g/mol. The Morgan fingerprint density at radius 1 is 1.17 bits per heavy atom. The molecule has 7 heteroatoms. The van der Waals surface area contributed by atoms with Gasteiger partial charge in [-0.15, -0.1) is 0 Å². The molecule has 0 radical (unpaired) electrons. The third-order valence-electron chi connectivity index (χ3n) is 2.99. The highest BCUT2D eigenvalue weighted by Gasteiger charge is 2.10. The van der Waals surface area contributed by atoms with Gasteiger partial charge in [-0.1, -0.05) is 15.9 Å². The van der Waals surface area contributed by atoms with E-state index in [2.05, 4.69) is 26.5 Å². The van der Waals surface area contributed by atoms with Crippen LogP contribution in [0.25, 0.3) is 0 Å². The van der Waals surface area contributed by atoms with E-state index in [-0.39, 0.29) is 23.2 Å². The SMILES string of the molecule is COc1cc(/C=N\NC(=O)c2ccc(Br)cc2)cc(OC)c1O. The number of methoxy groups -OCH3 is 2. The number of benzene rings is 2. The molecule has 0 saturated heterocycles. The Morgan fingerprint density at radius 2 is 1.74 bits per heavy atom. The largest absolute Gasteiger partial charge is 0.502 e. The zero-order valence-electron chi connectivity index (χ0n) is 12.5. The van der Waals surface area contributed by atoms with E-state index in [4.69, 9.17) is 9.47 Å². The Bertz CT molecular complexity index is 704. The van der Waals surface area contributed by atoms with E-state index in [0.717, 1.165) is 4.47 Å². The lowest BCUT2D eigenvalue weighted by molar-refractivity contribution is 0.0955. The summed E-state index contributed by atoms with van der Waals surface area (Å²) in [6, 6.07) is 10.1. The van der Waals surface area contributed by atoms with Gasteiger partial charge in [0.2, 0.25) is 5.75 Å². The minimum atomic E-state index is -0.327. The summed E-state index contributed by atoms with van der Waals surface area (Å²) in [5, 5.41) is 13.7. The molecule has 0 unspecified atom stereocenters. The summed E-state index contributed by atoms with van der Waals surface area (Å²) in [7, 11) is 2.87. The van der Waals surface area contributed by atoms with Crippen LogP contribution in [0.3, 0.4) is 0 Å². The minimum Gasteiger partial charge on any atom is -0.502 e. The Labute approximate surface area is 141 Å². The number of carbonyl (C=O) groups is 1. The molecule has 0 aliphatic carbocycles. The number of amides is 1. The van der Waals surface area contributed by atoms with Crippen molar-refractivity contribution in [1.82, 2.24) is 5.43 Å². The normalized spacial score (nSPS) is 10.6. The molecule has 0 saturated carbocycles. The maximum Gasteiger partial charge on any atom is 0.271 e. The fourth-order valence-corrected chi connectivity index (χ4v) is 2.08. The number of nitrogens with one attached hydrogen (secondary N) is 1. The summed E-state index contributed by atoms with van der Waals surface area (Å²) in [6.07, 6.45) is 1.43. The smallest absolute Gasteiger partial charge is 0.271 e. The van der Waals surface area contributed by atoms with Gasteiger partial charge in [-0.3, -0.25) is 4.79 Å². The predicted molar refractivity (Wildman–Crippen MR) is 90.4 cm³/mol. The number of rotatable bonds is 5. The van der Waals surface area contributed by atoms with Gasteiger partial charge in [0, 0.05) is 15.6 Å². The number of hydrogen-bond acceptors (Lipinski definition) is 5. The standard InChI is InChI=1S/C16H15BrN2O4/c1-22-13-7-10(8-14(23-2)15(13)20)9-18-19-16(21)11-3-5-12(17)6-4-11/h3-9,20H,1-2H3,(H,19,21)/b18-9-. The second-order valence-corrected chi connectivity index (χ2v) is 5.40. The number of carbonyl (C=O) groups excluding carboxylic acids is 1. The first-order valence-corrected chi connectivity index (χ1v) is 7.38. The molecule has 0 aliphatic rings. The van der Waals surface area contributed by atoms with Crippen LogP contribution in [0.5, 0.6) is 17.2 Å². The van der Waals surface area contributed by atoms with E-state index < -0.39 is 0 Å². The fourth-order valence-electron chi connectivity index (χ4n) is 1.82. The quantitative estimate of drug-likeness (QED) is 0.619. The zero-order valence-corrected chi connectivity index (χ0v) is 14.1. The van der Waals surface area contributed by atoms with Crippen LogP contribution in [0, 0.1) is 0 Å². The van der Waals surface area contributed by atoms with Gasteiger partial charge in [0.25, 0.3) is 5.91 Å². The number of phenols is 1. The molecule has 2 N–H and O–H groups in total. The molecule has 0 aromatic heterocycles. The summed E-state index contributed by atoms with van der Waals surface area (Å²) in [6.45, 7) is 0. The second kappa shape index (κ2) is 7.64. The van der Waals surface area contributed by atoms with Crippen molar-refractivity contribution in [3.63, 3.8) is 0 Å². The van der Waals surface area contributed by atoms with Gasteiger partial charge >= 0.3 is 0 Å². The molecule has 0 bridgehead atoms. The van der Waals surface area contributed by atoms with E-state index in [0.29, 0.717) is 11.1 Å². The molecule has 0 fully saturated rings. The first-order valence-electron chi connectivity index (χ1n) is 6.59. The molecule has 2 aromatic carbocycles. The molecule has 6 nitrogen and oxygen atoms in total. The lowest BCUT2D eigenvalue weighted by Gasteiger charge is -2.09. The summed E-state index contributed by atoms with van der Waals surface area (Å²) >= 11 is 3.31. The Hall–Kier alpha value is -2.54. The van der Waals surface area contributed by atoms with Crippen LogP contribution in [0.2, 0.25) is 0 Å². The molecule has 1 amide bonds. The van der Waals surface area contributed by atoms with E-state index in [1.54, 1.807) is 36.4 Å². The lowest BCUT2D eigenvalue weighted by Crippen LogP contribution is -2.17. The van der Waals surface area contributed by atoms with Crippen molar-refractivity contribution in [2.24, 2.45) is 5.10 Å². The van der Waals surface area contributed by atoms with Crippen LogP contribution in [-0.2, 0) is 0 Å². The van der Waals surface area contributed by atoms with Crippen LogP contribution < -0.4 is 14.9 Å². The third kappa shape index (κ3) is 4.23. The number of ether oxygens (including phenoxy) is 2. The van der Waals surface area contributed by atoms with Gasteiger partial charge in [0.15, 0.2) is 11.5 Å². The summed E-state index contributed by atoms with van der Waals surface area (Å²) in [5.41, 5.74) is 3.52. The van der Waals surface area contributed by atoms with E-state index >= 15 is 0 Å². The van der Waals surface area contributed by atoms with Gasteiger partial charge < -0.3 is 14.6 Å². The van der Waals surface area contributed by atoms with Crippen LogP contribution in [-0.4, -0.2) is 31.4 Å². The first-order chi connectivity index (χ1) is 11.0. The van der Waals surface area contributed by atoms with Crippen molar-refractivity contribution in [1.29, 1.82) is 0 Å². The zero-order chi connectivity index (χ0) is 16.8. The molecule has 2 aromatic rings.